The molecule has 6 nitrogen and oxygen atoms in total. The summed E-state index contributed by atoms with van der Waals surface area (Å²) in [6.07, 6.45) is -1.25. The van der Waals surface area contributed by atoms with E-state index < -0.39 is 35.2 Å². The van der Waals surface area contributed by atoms with Gasteiger partial charge in [-0.3, -0.25) is 4.79 Å². The number of rotatable bonds is 6. The van der Waals surface area contributed by atoms with E-state index >= 15 is 0 Å². The van der Waals surface area contributed by atoms with Crippen molar-refractivity contribution in [3.05, 3.63) is 52.6 Å². The van der Waals surface area contributed by atoms with E-state index in [0.717, 1.165) is 0 Å². The number of amides is 1. The first-order valence-electron chi connectivity index (χ1n) is 7.65. The minimum absolute atomic E-state index is 0.301. The van der Waals surface area contributed by atoms with Crippen molar-refractivity contribution in [3.8, 4) is 11.5 Å². The number of methoxy groups -OCH3 is 2. The van der Waals surface area contributed by atoms with Gasteiger partial charge in [0.15, 0.2) is 17.7 Å². The van der Waals surface area contributed by atoms with E-state index in [9.17, 15) is 18.4 Å². The molecule has 9 heteroatoms. The fourth-order valence-corrected chi connectivity index (χ4v) is 2.33. The van der Waals surface area contributed by atoms with Gasteiger partial charge in [-0.1, -0.05) is 11.6 Å². The molecule has 0 fully saturated rings. The molecule has 0 saturated heterocycles. The lowest BCUT2D eigenvalue weighted by Crippen LogP contribution is -2.30. The molecule has 0 heterocycles. The summed E-state index contributed by atoms with van der Waals surface area (Å²) >= 11 is 5.72. The summed E-state index contributed by atoms with van der Waals surface area (Å²) in [7, 11) is 2.88. The van der Waals surface area contributed by atoms with Crippen molar-refractivity contribution in [2.24, 2.45) is 0 Å². The standard InChI is InChI=1S/C18H16ClF2NO5/c1-9(27-18(24)11-7-13(20)14(21)8-12(11)19)17(23)22-15-6-10(25-2)4-5-16(15)26-3/h4-9H,1-3H3,(H,22,23). The number of benzene rings is 2. The van der Waals surface area contributed by atoms with Gasteiger partial charge in [0.1, 0.15) is 11.5 Å². The van der Waals surface area contributed by atoms with E-state index in [1.54, 1.807) is 12.1 Å². The first kappa shape index (κ1) is 20.4. The number of carbonyl (C=O) groups is 2. The molecular weight excluding hydrogens is 384 g/mol. The second-order valence-corrected chi connectivity index (χ2v) is 5.76. The molecule has 2 aromatic carbocycles. The van der Waals surface area contributed by atoms with E-state index in [4.69, 9.17) is 25.8 Å². The summed E-state index contributed by atoms with van der Waals surface area (Å²) in [5.41, 5.74) is -0.0928. The van der Waals surface area contributed by atoms with Gasteiger partial charge < -0.3 is 19.5 Å². The van der Waals surface area contributed by atoms with Crippen molar-refractivity contribution in [2.75, 3.05) is 19.5 Å². The number of esters is 1. The molecule has 0 aliphatic heterocycles. The Balaban J connectivity index is 2.12. The van der Waals surface area contributed by atoms with Crippen LogP contribution in [0.4, 0.5) is 14.5 Å². The van der Waals surface area contributed by atoms with Crippen LogP contribution < -0.4 is 14.8 Å². The van der Waals surface area contributed by atoms with Gasteiger partial charge in [-0.25, -0.2) is 13.6 Å². The van der Waals surface area contributed by atoms with E-state index in [0.29, 0.717) is 29.3 Å². The third-order valence-electron chi connectivity index (χ3n) is 3.55. The lowest BCUT2D eigenvalue weighted by atomic mass is 10.2. The average Bonchev–Trinajstić information content (AvgIpc) is 2.64. The number of carbonyl (C=O) groups excluding carboxylic acids is 2. The topological polar surface area (TPSA) is 73.9 Å². The summed E-state index contributed by atoms with van der Waals surface area (Å²) in [6, 6.07) is 6.02. The Bertz CT molecular complexity index is 875. The number of hydrogen-bond donors (Lipinski definition) is 1. The highest BCUT2D eigenvalue weighted by Gasteiger charge is 2.23. The van der Waals surface area contributed by atoms with E-state index in [1.165, 1.54) is 27.2 Å². The zero-order chi connectivity index (χ0) is 20.1. The highest BCUT2D eigenvalue weighted by Crippen LogP contribution is 2.29. The number of nitrogens with one attached hydrogen (secondary N) is 1. The second kappa shape index (κ2) is 8.68. The molecule has 144 valence electrons. The fraction of sp³-hybridized carbons (Fsp3) is 0.222. The number of halogens is 3. The van der Waals surface area contributed by atoms with Gasteiger partial charge >= 0.3 is 5.97 Å². The molecule has 0 saturated carbocycles. The molecule has 2 rings (SSSR count). The van der Waals surface area contributed by atoms with Crippen molar-refractivity contribution in [2.45, 2.75) is 13.0 Å². The molecule has 1 amide bonds. The van der Waals surface area contributed by atoms with Crippen molar-refractivity contribution < 1.29 is 32.6 Å². The van der Waals surface area contributed by atoms with Crippen LogP contribution in [0.1, 0.15) is 17.3 Å². The Hall–Kier alpha value is -2.87. The van der Waals surface area contributed by atoms with Crippen LogP contribution in [0, 0.1) is 11.6 Å². The Kier molecular flexibility index (Phi) is 6.57. The molecule has 0 radical (unpaired) electrons. The minimum atomic E-state index is -1.26. The molecule has 1 atom stereocenters. The molecule has 0 spiro atoms. The predicted octanol–water partition coefficient (Wildman–Crippen LogP) is 3.82. The molecule has 0 aliphatic carbocycles. The first-order chi connectivity index (χ1) is 12.8. The molecule has 1 unspecified atom stereocenters. The van der Waals surface area contributed by atoms with Gasteiger partial charge in [0.05, 0.1) is 30.5 Å². The van der Waals surface area contributed by atoms with Crippen LogP contribution in [0.5, 0.6) is 11.5 Å². The van der Waals surface area contributed by atoms with Crippen LogP contribution in [-0.2, 0) is 9.53 Å². The van der Waals surface area contributed by atoms with Crippen LogP contribution in [0.2, 0.25) is 5.02 Å². The molecule has 27 heavy (non-hydrogen) atoms. The summed E-state index contributed by atoms with van der Waals surface area (Å²) < 4.78 is 41.6. The maximum absolute atomic E-state index is 13.3. The summed E-state index contributed by atoms with van der Waals surface area (Å²) in [6.45, 7) is 1.31. The van der Waals surface area contributed by atoms with E-state index in [-0.39, 0.29) is 5.02 Å². The van der Waals surface area contributed by atoms with Crippen LogP contribution >= 0.6 is 11.6 Å². The quantitative estimate of drug-likeness (QED) is 0.590. The molecule has 2 aromatic rings. The smallest absolute Gasteiger partial charge is 0.340 e. The maximum Gasteiger partial charge on any atom is 0.340 e. The van der Waals surface area contributed by atoms with Gasteiger partial charge in [-0.05, 0) is 31.2 Å². The summed E-state index contributed by atoms with van der Waals surface area (Å²) in [5, 5.41) is 2.21. The third-order valence-corrected chi connectivity index (χ3v) is 3.86. The molecular formula is C18H16ClF2NO5. The van der Waals surface area contributed by atoms with Crippen LogP contribution in [0.15, 0.2) is 30.3 Å². The highest BCUT2D eigenvalue weighted by atomic mass is 35.5. The predicted molar refractivity (Wildman–Crippen MR) is 94.4 cm³/mol. The van der Waals surface area contributed by atoms with Crippen molar-refractivity contribution in [1.29, 1.82) is 0 Å². The zero-order valence-electron chi connectivity index (χ0n) is 14.6. The van der Waals surface area contributed by atoms with Crippen molar-refractivity contribution >= 4 is 29.2 Å². The number of ether oxygens (including phenoxy) is 3. The Labute approximate surface area is 159 Å². The molecule has 0 aliphatic rings. The highest BCUT2D eigenvalue weighted by molar-refractivity contribution is 6.33. The van der Waals surface area contributed by atoms with Gasteiger partial charge in [0, 0.05) is 6.07 Å². The van der Waals surface area contributed by atoms with Gasteiger partial charge in [-0.2, -0.15) is 0 Å². The number of anilines is 1. The van der Waals surface area contributed by atoms with Crippen LogP contribution in [0.3, 0.4) is 0 Å². The minimum Gasteiger partial charge on any atom is -0.497 e. The molecule has 1 N–H and O–H groups in total. The second-order valence-electron chi connectivity index (χ2n) is 5.35. The third kappa shape index (κ3) is 4.85. The van der Waals surface area contributed by atoms with Gasteiger partial charge in [-0.15, -0.1) is 0 Å². The summed E-state index contributed by atoms with van der Waals surface area (Å²) in [4.78, 5) is 24.4. The largest absolute Gasteiger partial charge is 0.497 e. The summed E-state index contributed by atoms with van der Waals surface area (Å²) in [5.74, 6) is -3.36. The zero-order valence-corrected chi connectivity index (χ0v) is 15.4. The Morgan fingerprint density at radius 3 is 2.37 bits per heavy atom. The van der Waals surface area contributed by atoms with Crippen LogP contribution in [-0.4, -0.2) is 32.2 Å². The average molecular weight is 400 g/mol. The molecule has 0 bridgehead atoms. The lowest BCUT2D eigenvalue weighted by molar-refractivity contribution is -0.123. The lowest BCUT2D eigenvalue weighted by Gasteiger charge is -2.16. The number of hydrogen-bond acceptors (Lipinski definition) is 5. The SMILES string of the molecule is COc1ccc(OC)c(NC(=O)C(C)OC(=O)c2cc(F)c(F)cc2Cl)c1. The first-order valence-corrected chi connectivity index (χ1v) is 8.03. The normalized spacial score (nSPS) is 11.5. The van der Waals surface area contributed by atoms with Gasteiger partial charge in [0.25, 0.3) is 5.91 Å². The van der Waals surface area contributed by atoms with Gasteiger partial charge in [0.2, 0.25) is 0 Å². The van der Waals surface area contributed by atoms with Crippen LogP contribution in [0.25, 0.3) is 0 Å². The monoisotopic (exact) mass is 399 g/mol. The van der Waals surface area contributed by atoms with Crippen molar-refractivity contribution in [1.82, 2.24) is 0 Å². The molecule has 0 aromatic heterocycles. The van der Waals surface area contributed by atoms with E-state index in [1.807, 2.05) is 0 Å². The maximum atomic E-state index is 13.3. The fourth-order valence-electron chi connectivity index (χ4n) is 2.10. The van der Waals surface area contributed by atoms with E-state index in [2.05, 4.69) is 5.32 Å². The van der Waals surface area contributed by atoms with Crippen molar-refractivity contribution in [3.63, 3.8) is 0 Å². The Morgan fingerprint density at radius 1 is 1.07 bits per heavy atom. The Morgan fingerprint density at radius 2 is 1.74 bits per heavy atom.